The number of nitrogen functional groups attached to an aromatic ring is 1. The molecule has 15 heavy (non-hydrogen) atoms. The van der Waals surface area contributed by atoms with Crippen LogP contribution in [0.15, 0.2) is 18.2 Å². The zero-order valence-corrected chi connectivity index (χ0v) is 9.63. The Morgan fingerprint density at radius 2 is 1.93 bits per heavy atom. The van der Waals surface area contributed by atoms with Crippen LogP contribution >= 0.6 is 0 Å². The molecule has 1 aliphatic rings. The quantitative estimate of drug-likeness (QED) is 0.729. The Kier molecular flexibility index (Phi) is 3.30. The smallest absolute Gasteiger partial charge is 0.0316 e. The molecule has 1 aromatic rings. The van der Waals surface area contributed by atoms with E-state index in [0.717, 1.165) is 11.6 Å². The van der Waals surface area contributed by atoms with Crippen molar-refractivity contribution in [2.24, 2.45) is 5.92 Å². The van der Waals surface area contributed by atoms with E-state index in [1.807, 2.05) is 6.07 Å². The molecule has 1 aliphatic carbocycles. The maximum absolute atomic E-state index is 5.76. The van der Waals surface area contributed by atoms with Crippen molar-refractivity contribution >= 4 is 5.69 Å². The van der Waals surface area contributed by atoms with Crippen molar-refractivity contribution in [2.45, 2.75) is 45.4 Å². The van der Waals surface area contributed by atoms with Gasteiger partial charge in [0.05, 0.1) is 0 Å². The van der Waals surface area contributed by atoms with Crippen molar-refractivity contribution in [3.63, 3.8) is 0 Å². The summed E-state index contributed by atoms with van der Waals surface area (Å²) >= 11 is 0. The summed E-state index contributed by atoms with van der Waals surface area (Å²) in [5.41, 5.74) is 9.51. The highest BCUT2D eigenvalue weighted by Gasteiger charge is 2.14. The van der Waals surface area contributed by atoms with Gasteiger partial charge in [0.25, 0.3) is 0 Å². The molecule has 1 aromatic carbocycles. The summed E-state index contributed by atoms with van der Waals surface area (Å²) in [7, 11) is 0. The average Bonchev–Trinajstić information content (AvgIpc) is 2.24. The van der Waals surface area contributed by atoms with Crippen LogP contribution in [0.4, 0.5) is 5.69 Å². The molecule has 1 saturated carbocycles. The second kappa shape index (κ2) is 4.69. The van der Waals surface area contributed by atoms with Crippen molar-refractivity contribution in [1.29, 1.82) is 0 Å². The lowest BCUT2D eigenvalue weighted by atomic mass is 9.84. The molecule has 0 aliphatic heterocycles. The van der Waals surface area contributed by atoms with Crippen LogP contribution in [0.3, 0.4) is 0 Å². The second-order valence-corrected chi connectivity index (χ2v) is 4.89. The number of hydrogen-bond acceptors (Lipinski definition) is 1. The van der Waals surface area contributed by atoms with Crippen molar-refractivity contribution in [3.05, 3.63) is 29.3 Å². The van der Waals surface area contributed by atoms with Gasteiger partial charge in [0.15, 0.2) is 0 Å². The van der Waals surface area contributed by atoms with Crippen LogP contribution in [-0.2, 0) is 6.42 Å². The van der Waals surface area contributed by atoms with E-state index in [9.17, 15) is 0 Å². The molecule has 0 bridgehead atoms. The molecule has 0 unspecified atom stereocenters. The standard InChI is InChI=1S/C14H21N/c1-11-9-14(15)8-7-13(11)10-12-5-3-2-4-6-12/h7-9,12H,2-6,10,15H2,1H3. The SMILES string of the molecule is Cc1cc(N)ccc1CC1CCCCC1. The first-order valence-electron chi connectivity index (χ1n) is 6.11. The van der Waals surface area contributed by atoms with Gasteiger partial charge < -0.3 is 5.73 Å². The van der Waals surface area contributed by atoms with Crippen molar-refractivity contribution in [3.8, 4) is 0 Å². The van der Waals surface area contributed by atoms with Gasteiger partial charge in [-0.1, -0.05) is 38.2 Å². The normalized spacial score (nSPS) is 17.9. The predicted octanol–water partition coefficient (Wildman–Crippen LogP) is 3.70. The lowest BCUT2D eigenvalue weighted by molar-refractivity contribution is 0.356. The fourth-order valence-electron chi connectivity index (χ4n) is 2.65. The summed E-state index contributed by atoms with van der Waals surface area (Å²) in [5, 5.41) is 0. The van der Waals surface area contributed by atoms with Crippen LogP contribution in [-0.4, -0.2) is 0 Å². The molecule has 2 N–H and O–H groups in total. The molecule has 82 valence electrons. The lowest BCUT2D eigenvalue weighted by Gasteiger charge is -2.22. The minimum Gasteiger partial charge on any atom is -0.399 e. The summed E-state index contributed by atoms with van der Waals surface area (Å²) in [4.78, 5) is 0. The summed E-state index contributed by atoms with van der Waals surface area (Å²) < 4.78 is 0. The Morgan fingerprint density at radius 3 is 2.60 bits per heavy atom. The van der Waals surface area contributed by atoms with Gasteiger partial charge in [-0.15, -0.1) is 0 Å². The van der Waals surface area contributed by atoms with Crippen LogP contribution < -0.4 is 5.73 Å². The van der Waals surface area contributed by atoms with Gasteiger partial charge in [-0.2, -0.15) is 0 Å². The van der Waals surface area contributed by atoms with E-state index in [-0.39, 0.29) is 0 Å². The van der Waals surface area contributed by atoms with Gasteiger partial charge in [-0.25, -0.2) is 0 Å². The van der Waals surface area contributed by atoms with Crippen LogP contribution in [0.5, 0.6) is 0 Å². The first kappa shape index (κ1) is 10.5. The maximum atomic E-state index is 5.76. The van der Waals surface area contributed by atoms with Gasteiger partial charge in [-0.3, -0.25) is 0 Å². The third kappa shape index (κ3) is 2.74. The Labute approximate surface area is 92.7 Å². The molecular formula is C14H21N. The summed E-state index contributed by atoms with van der Waals surface area (Å²) in [5.74, 6) is 0.918. The van der Waals surface area contributed by atoms with E-state index < -0.39 is 0 Å². The third-order valence-corrected chi connectivity index (χ3v) is 3.60. The zero-order valence-electron chi connectivity index (χ0n) is 9.63. The van der Waals surface area contributed by atoms with Crippen molar-refractivity contribution < 1.29 is 0 Å². The first-order chi connectivity index (χ1) is 7.25. The van der Waals surface area contributed by atoms with Crippen molar-refractivity contribution in [2.75, 3.05) is 5.73 Å². The van der Waals surface area contributed by atoms with E-state index in [0.29, 0.717) is 0 Å². The van der Waals surface area contributed by atoms with Gasteiger partial charge in [0, 0.05) is 5.69 Å². The summed E-state index contributed by atoms with van der Waals surface area (Å²) in [6.45, 7) is 2.18. The monoisotopic (exact) mass is 203 g/mol. The average molecular weight is 203 g/mol. The third-order valence-electron chi connectivity index (χ3n) is 3.60. The molecule has 0 heterocycles. The predicted molar refractivity (Wildman–Crippen MR) is 65.9 cm³/mol. The Hall–Kier alpha value is -0.980. The molecule has 1 fully saturated rings. The fourth-order valence-corrected chi connectivity index (χ4v) is 2.65. The molecule has 0 spiro atoms. The summed E-state index contributed by atoms with van der Waals surface area (Å²) in [6, 6.07) is 6.34. The van der Waals surface area contributed by atoms with E-state index >= 15 is 0 Å². The maximum Gasteiger partial charge on any atom is 0.0316 e. The van der Waals surface area contributed by atoms with Gasteiger partial charge in [0.1, 0.15) is 0 Å². The molecule has 0 atom stereocenters. The largest absolute Gasteiger partial charge is 0.399 e. The van der Waals surface area contributed by atoms with Crippen LogP contribution in [0, 0.1) is 12.8 Å². The van der Waals surface area contributed by atoms with Crippen molar-refractivity contribution in [1.82, 2.24) is 0 Å². The highest BCUT2D eigenvalue weighted by Crippen LogP contribution is 2.28. The van der Waals surface area contributed by atoms with Crippen LogP contribution in [0.2, 0.25) is 0 Å². The number of rotatable bonds is 2. The number of benzene rings is 1. The lowest BCUT2D eigenvalue weighted by Crippen LogP contribution is -2.10. The van der Waals surface area contributed by atoms with E-state index in [2.05, 4.69) is 19.1 Å². The van der Waals surface area contributed by atoms with Gasteiger partial charge >= 0.3 is 0 Å². The Bertz CT molecular complexity index is 324. The molecule has 2 rings (SSSR count). The highest BCUT2D eigenvalue weighted by atomic mass is 14.5. The molecule has 0 amide bonds. The van der Waals surface area contributed by atoms with E-state index in [1.54, 1.807) is 0 Å². The molecule has 1 heteroatoms. The van der Waals surface area contributed by atoms with Crippen LogP contribution in [0.25, 0.3) is 0 Å². The Morgan fingerprint density at radius 1 is 1.20 bits per heavy atom. The number of nitrogens with two attached hydrogens (primary N) is 1. The fraction of sp³-hybridized carbons (Fsp3) is 0.571. The van der Waals surface area contributed by atoms with Gasteiger partial charge in [-0.05, 0) is 42.5 Å². The van der Waals surface area contributed by atoms with E-state index in [4.69, 9.17) is 5.73 Å². The van der Waals surface area contributed by atoms with Crippen LogP contribution in [0.1, 0.15) is 43.2 Å². The Balaban J connectivity index is 2.03. The number of anilines is 1. The van der Waals surface area contributed by atoms with E-state index in [1.165, 1.54) is 49.7 Å². The number of aryl methyl sites for hydroxylation is 1. The van der Waals surface area contributed by atoms with Gasteiger partial charge in [0.2, 0.25) is 0 Å². The minimum atomic E-state index is 0.889. The first-order valence-corrected chi connectivity index (χ1v) is 6.11. The molecule has 1 nitrogen and oxygen atoms in total. The summed E-state index contributed by atoms with van der Waals surface area (Å²) in [6.07, 6.45) is 8.40. The second-order valence-electron chi connectivity index (χ2n) is 4.89. The minimum absolute atomic E-state index is 0.889. The molecule has 0 saturated heterocycles. The molecule has 0 aromatic heterocycles. The topological polar surface area (TPSA) is 26.0 Å². The number of hydrogen-bond donors (Lipinski definition) is 1. The zero-order chi connectivity index (χ0) is 10.7. The molecular weight excluding hydrogens is 182 g/mol. The molecule has 0 radical (unpaired) electrons. The highest BCUT2D eigenvalue weighted by molar-refractivity contribution is 5.44.